The molecule has 0 spiro atoms. The lowest BCUT2D eigenvalue weighted by molar-refractivity contribution is 0.591. The van der Waals surface area contributed by atoms with Crippen molar-refractivity contribution in [1.82, 2.24) is 0 Å². The summed E-state index contributed by atoms with van der Waals surface area (Å²) in [4.78, 5) is 0. The largest absolute Gasteiger partial charge is 0.280 e. The van der Waals surface area contributed by atoms with Gasteiger partial charge in [0.25, 0.3) is 0 Å². The van der Waals surface area contributed by atoms with Crippen LogP contribution in [0.2, 0.25) is 0 Å². The summed E-state index contributed by atoms with van der Waals surface area (Å²) >= 11 is 0. The minimum absolute atomic E-state index is 0.131. The monoisotopic (exact) mass is 235 g/mol. The molecule has 0 aromatic heterocycles. The number of nitrogens with one attached hydrogen (secondary N) is 1. The summed E-state index contributed by atoms with van der Waals surface area (Å²) in [5.41, 5.74) is -0.230. The number of hydrogen-bond donors (Lipinski definition) is 1. The lowest BCUT2D eigenvalue weighted by Crippen LogP contribution is -2.15. The van der Waals surface area contributed by atoms with Crippen molar-refractivity contribution in [3.8, 4) is 0 Å². The molecule has 0 aliphatic carbocycles. The van der Waals surface area contributed by atoms with Crippen molar-refractivity contribution in [2.75, 3.05) is 10.5 Å². The Bertz CT molecular complexity index is 471. The van der Waals surface area contributed by atoms with Crippen LogP contribution in [0.15, 0.2) is 12.1 Å². The van der Waals surface area contributed by atoms with Crippen LogP contribution < -0.4 is 4.72 Å². The fourth-order valence-corrected chi connectivity index (χ4v) is 1.60. The number of benzene rings is 1. The van der Waals surface area contributed by atoms with Gasteiger partial charge in [-0.15, -0.1) is 0 Å². The van der Waals surface area contributed by atoms with Gasteiger partial charge < -0.3 is 0 Å². The van der Waals surface area contributed by atoms with Crippen molar-refractivity contribution in [3.63, 3.8) is 0 Å². The normalized spacial score (nSPS) is 11.5. The highest BCUT2D eigenvalue weighted by Crippen LogP contribution is 2.19. The fourth-order valence-electron chi connectivity index (χ4n) is 0.964. The van der Waals surface area contributed by atoms with Crippen LogP contribution in [0.5, 0.6) is 0 Å². The third-order valence-corrected chi connectivity index (χ3v) is 3.18. The van der Waals surface area contributed by atoms with Crippen molar-refractivity contribution in [3.05, 3.63) is 29.3 Å². The zero-order chi connectivity index (χ0) is 11.6. The molecule has 1 N–H and O–H groups in total. The highest BCUT2D eigenvalue weighted by molar-refractivity contribution is 7.92. The topological polar surface area (TPSA) is 46.2 Å². The standard InChI is InChI=1S/C9H11F2NO2S/c1-3-15(13,14)12-9-5-7(10)6(2)4-8(9)11/h4-5,12H,3H2,1-2H3. The van der Waals surface area contributed by atoms with Crippen LogP contribution in [0.3, 0.4) is 0 Å². The van der Waals surface area contributed by atoms with Gasteiger partial charge in [0.1, 0.15) is 11.6 Å². The molecular weight excluding hydrogens is 224 g/mol. The Hall–Kier alpha value is -1.17. The van der Waals surface area contributed by atoms with Gasteiger partial charge >= 0.3 is 0 Å². The van der Waals surface area contributed by atoms with E-state index in [2.05, 4.69) is 0 Å². The highest BCUT2D eigenvalue weighted by atomic mass is 32.2. The van der Waals surface area contributed by atoms with Gasteiger partial charge in [-0.1, -0.05) is 0 Å². The van der Waals surface area contributed by atoms with Gasteiger partial charge in [0.15, 0.2) is 0 Å². The number of sulfonamides is 1. The van der Waals surface area contributed by atoms with E-state index in [0.717, 1.165) is 12.1 Å². The summed E-state index contributed by atoms with van der Waals surface area (Å²) < 4.78 is 50.4. The molecule has 3 nitrogen and oxygen atoms in total. The molecule has 1 aromatic rings. The first-order valence-electron chi connectivity index (χ1n) is 4.32. The molecule has 0 heterocycles. The van der Waals surface area contributed by atoms with E-state index < -0.39 is 21.7 Å². The Morgan fingerprint density at radius 2 is 1.87 bits per heavy atom. The van der Waals surface area contributed by atoms with E-state index >= 15 is 0 Å². The summed E-state index contributed by atoms with van der Waals surface area (Å²) in [5, 5.41) is 0. The van der Waals surface area contributed by atoms with E-state index in [1.165, 1.54) is 13.8 Å². The van der Waals surface area contributed by atoms with Crippen molar-refractivity contribution < 1.29 is 17.2 Å². The maximum Gasteiger partial charge on any atom is 0.232 e. The minimum atomic E-state index is -3.58. The molecule has 0 amide bonds. The molecule has 0 unspecified atom stereocenters. The Morgan fingerprint density at radius 1 is 1.27 bits per heavy atom. The number of rotatable bonds is 3. The van der Waals surface area contributed by atoms with Gasteiger partial charge in [-0.25, -0.2) is 17.2 Å². The van der Waals surface area contributed by atoms with Crippen LogP contribution in [-0.4, -0.2) is 14.2 Å². The van der Waals surface area contributed by atoms with Gasteiger partial charge in [-0.2, -0.15) is 0 Å². The molecule has 0 atom stereocenters. The van der Waals surface area contributed by atoms with Crippen LogP contribution in [0, 0.1) is 18.6 Å². The quantitative estimate of drug-likeness (QED) is 0.871. The lowest BCUT2D eigenvalue weighted by Gasteiger charge is -2.08. The average molecular weight is 235 g/mol. The number of hydrogen-bond acceptors (Lipinski definition) is 2. The molecule has 6 heteroatoms. The number of anilines is 1. The molecule has 1 rings (SSSR count). The van der Waals surface area contributed by atoms with E-state index in [1.54, 1.807) is 0 Å². The predicted molar refractivity (Wildman–Crippen MR) is 54.2 cm³/mol. The van der Waals surface area contributed by atoms with Crippen molar-refractivity contribution in [2.45, 2.75) is 13.8 Å². The second-order valence-electron chi connectivity index (χ2n) is 3.09. The maximum atomic E-state index is 13.2. The molecule has 0 saturated heterocycles. The fraction of sp³-hybridized carbons (Fsp3) is 0.333. The van der Waals surface area contributed by atoms with Crippen molar-refractivity contribution in [1.29, 1.82) is 0 Å². The van der Waals surface area contributed by atoms with Gasteiger partial charge in [0.2, 0.25) is 10.0 Å². The third-order valence-electron chi connectivity index (χ3n) is 1.89. The molecule has 0 aliphatic heterocycles. The van der Waals surface area contributed by atoms with E-state index in [4.69, 9.17) is 0 Å². The smallest absolute Gasteiger partial charge is 0.232 e. The second-order valence-corrected chi connectivity index (χ2v) is 5.10. The molecule has 0 radical (unpaired) electrons. The summed E-state index contributed by atoms with van der Waals surface area (Å²) in [7, 11) is -3.58. The van der Waals surface area contributed by atoms with Crippen LogP contribution in [0.1, 0.15) is 12.5 Å². The van der Waals surface area contributed by atoms with Crippen LogP contribution in [-0.2, 0) is 10.0 Å². The Labute approximate surface area is 87.2 Å². The van der Waals surface area contributed by atoms with Gasteiger partial charge in [-0.3, -0.25) is 4.72 Å². The SMILES string of the molecule is CCS(=O)(=O)Nc1cc(F)c(C)cc1F. The number of halogens is 2. The van der Waals surface area contributed by atoms with Crippen LogP contribution in [0.25, 0.3) is 0 Å². The Kier molecular flexibility index (Phi) is 3.28. The maximum absolute atomic E-state index is 13.2. The third kappa shape index (κ3) is 2.89. The molecule has 0 saturated carbocycles. The molecule has 0 fully saturated rings. The summed E-state index contributed by atoms with van der Waals surface area (Å²) in [6.45, 7) is 2.81. The predicted octanol–water partition coefficient (Wildman–Crippen LogP) is 2.03. The first kappa shape index (κ1) is 11.9. The lowest BCUT2D eigenvalue weighted by atomic mass is 10.2. The van der Waals surface area contributed by atoms with Crippen LogP contribution in [0.4, 0.5) is 14.5 Å². The van der Waals surface area contributed by atoms with Gasteiger partial charge in [-0.05, 0) is 25.5 Å². The Morgan fingerprint density at radius 3 is 2.40 bits per heavy atom. The molecular formula is C9H11F2NO2S. The van der Waals surface area contributed by atoms with E-state index in [1.807, 2.05) is 4.72 Å². The first-order chi connectivity index (χ1) is 6.85. The summed E-state index contributed by atoms with van der Waals surface area (Å²) in [6.07, 6.45) is 0. The van der Waals surface area contributed by atoms with Crippen LogP contribution >= 0.6 is 0 Å². The average Bonchev–Trinajstić information content (AvgIpc) is 2.14. The summed E-state index contributed by atoms with van der Waals surface area (Å²) in [5.74, 6) is -1.63. The zero-order valence-electron chi connectivity index (χ0n) is 8.34. The molecule has 0 bridgehead atoms. The summed E-state index contributed by atoms with van der Waals surface area (Å²) in [6, 6.07) is 1.78. The molecule has 1 aromatic carbocycles. The molecule has 0 aliphatic rings. The van der Waals surface area contributed by atoms with Gasteiger partial charge in [0, 0.05) is 6.07 Å². The zero-order valence-corrected chi connectivity index (χ0v) is 9.16. The first-order valence-corrected chi connectivity index (χ1v) is 5.97. The van der Waals surface area contributed by atoms with Crippen molar-refractivity contribution in [2.24, 2.45) is 0 Å². The van der Waals surface area contributed by atoms with E-state index in [9.17, 15) is 17.2 Å². The Balaban J connectivity index is 3.12. The molecule has 15 heavy (non-hydrogen) atoms. The highest BCUT2D eigenvalue weighted by Gasteiger charge is 2.12. The second kappa shape index (κ2) is 4.14. The van der Waals surface area contributed by atoms with Crippen molar-refractivity contribution >= 4 is 15.7 Å². The number of aryl methyl sites for hydroxylation is 1. The van der Waals surface area contributed by atoms with Gasteiger partial charge in [0.05, 0.1) is 11.4 Å². The molecule has 84 valence electrons. The van der Waals surface area contributed by atoms with E-state index in [-0.39, 0.29) is 17.0 Å². The minimum Gasteiger partial charge on any atom is -0.280 e. The van der Waals surface area contributed by atoms with E-state index in [0.29, 0.717) is 0 Å².